The van der Waals surface area contributed by atoms with E-state index in [0.29, 0.717) is 24.3 Å². The fraction of sp³-hybridized carbons (Fsp3) is 0.333. The lowest BCUT2D eigenvalue weighted by Crippen LogP contribution is -2.27. The molecular weight excluding hydrogens is 318 g/mol. The lowest BCUT2D eigenvalue weighted by molar-refractivity contribution is 0.102. The van der Waals surface area contributed by atoms with E-state index in [2.05, 4.69) is 10.5 Å². The molecule has 0 saturated carbocycles. The number of amides is 1. The Morgan fingerprint density at radius 1 is 1.22 bits per heavy atom. The maximum atomic E-state index is 12.4. The number of hydrogen-bond acceptors (Lipinski definition) is 5. The fourth-order valence-electron chi connectivity index (χ4n) is 2.46. The Morgan fingerprint density at radius 3 is 2.43 bits per heavy atom. The summed E-state index contributed by atoms with van der Waals surface area (Å²) in [6, 6.07) is 7.48. The molecule has 8 heteroatoms. The van der Waals surface area contributed by atoms with Crippen LogP contribution >= 0.6 is 0 Å². The van der Waals surface area contributed by atoms with Gasteiger partial charge in [0.25, 0.3) is 5.91 Å². The molecule has 0 radical (unpaired) electrons. The average molecular weight is 335 g/mol. The third kappa shape index (κ3) is 3.27. The molecule has 0 unspecified atom stereocenters. The summed E-state index contributed by atoms with van der Waals surface area (Å²) in [6.07, 6.45) is 1.77. The highest BCUT2D eigenvalue weighted by atomic mass is 32.2. The van der Waals surface area contributed by atoms with Crippen LogP contribution in [0.5, 0.6) is 0 Å². The Morgan fingerprint density at radius 2 is 1.87 bits per heavy atom. The van der Waals surface area contributed by atoms with Crippen LogP contribution in [0.25, 0.3) is 0 Å². The van der Waals surface area contributed by atoms with Crippen molar-refractivity contribution in [3.05, 3.63) is 41.6 Å². The van der Waals surface area contributed by atoms with Gasteiger partial charge in [0.15, 0.2) is 0 Å². The maximum Gasteiger partial charge on any atom is 0.258 e. The van der Waals surface area contributed by atoms with Gasteiger partial charge in [-0.05, 0) is 44.0 Å². The van der Waals surface area contributed by atoms with Gasteiger partial charge < -0.3 is 4.52 Å². The van der Waals surface area contributed by atoms with E-state index < -0.39 is 10.0 Å². The molecule has 0 bridgehead atoms. The third-order valence-corrected chi connectivity index (χ3v) is 5.60. The van der Waals surface area contributed by atoms with Gasteiger partial charge in [-0.25, -0.2) is 8.42 Å². The monoisotopic (exact) mass is 335 g/mol. The van der Waals surface area contributed by atoms with E-state index in [-0.39, 0.29) is 16.7 Å². The van der Waals surface area contributed by atoms with E-state index in [1.165, 1.54) is 28.6 Å². The molecule has 1 aliphatic heterocycles. The summed E-state index contributed by atoms with van der Waals surface area (Å²) in [6.45, 7) is 2.85. The molecule has 3 rings (SSSR count). The number of carbonyl (C=O) groups is 1. The SMILES string of the molecule is Cc1cc(NC(=O)c2ccc(S(=O)(=O)N3CCCC3)cc2)on1. The van der Waals surface area contributed by atoms with E-state index in [1.807, 2.05) is 0 Å². The number of nitrogens with zero attached hydrogens (tertiary/aromatic N) is 2. The van der Waals surface area contributed by atoms with Crippen LogP contribution in [0, 0.1) is 6.92 Å². The molecular formula is C15H17N3O4S. The van der Waals surface area contributed by atoms with Gasteiger partial charge in [0.1, 0.15) is 0 Å². The zero-order chi connectivity index (χ0) is 16.4. The van der Waals surface area contributed by atoms with Crippen LogP contribution in [0.3, 0.4) is 0 Å². The number of benzene rings is 1. The number of nitrogens with one attached hydrogen (secondary N) is 1. The first kappa shape index (κ1) is 15.7. The molecule has 2 heterocycles. The van der Waals surface area contributed by atoms with Crippen LogP contribution in [0.15, 0.2) is 39.8 Å². The van der Waals surface area contributed by atoms with E-state index in [0.717, 1.165) is 12.8 Å². The summed E-state index contributed by atoms with van der Waals surface area (Å²) in [5.74, 6) is -0.132. The minimum atomic E-state index is -3.46. The highest BCUT2D eigenvalue weighted by molar-refractivity contribution is 7.89. The first-order chi connectivity index (χ1) is 11.0. The highest BCUT2D eigenvalue weighted by Gasteiger charge is 2.27. The molecule has 1 fully saturated rings. The summed E-state index contributed by atoms with van der Waals surface area (Å²) in [5.41, 5.74) is 1.01. The number of sulfonamides is 1. The summed E-state index contributed by atoms with van der Waals surface area (Å²) in [7, 11) is -3.46. The van der Waals surface area contributed by atoms with Gasteiger partial charge >= 0.3 is 0 Å². The minimum Gasteiger partial charge on any atom is -0.338 e. The molecule has 0 spiro atoms. The van der Waals surface area contributed by atoms with Crippen molar-refractivity contribution in [3.8, 4) is 0 Å². The quantitative estimate of drug-likeness (QED) is 0.923. The summed E-state index contributed by atoms with van der Waals surface area (Å²) >= 11 is 0. The first-order valence-electron chi connectivity index (χ1n) is 7.32. The standard InChI is InChI=1S/C15H17N3O4S/c1-11-10-14(22-17-11)16-15(19)12-4-6-13(7-5-12)23(20,21)18-8-2-3-9-18/h4-7,10H,2-3,8-9H2,1H3,(H,16,19). The highest BCUT2D eigenvalue weighted by Crippen LogP contribution is 2.21. The maximum absolute atomic E-state index is 12.4. The van der Waals surface area contributed by atoms with Gasteiger partial charge in [-0.2, -0.15) is 4.31 Å². The zero-order valence-electron chi connectivity index (χ0n) is 12.7. The topological polar surface area (TPSA) is 92.5 Å². The lowest BCUT2D eigenvalue weighted by atomic mass is 10.2. The Hall–Kier alpha value is -2.19. The molecule has 1 saturated heterocycles. The zero-order valence-corrected chi connectivity index (χ0v) is 13.5. The van der Waals surface area contributed by atoms with Crippen LogP contribution in [-0.4, -0.2) is 36.9 Å². The number of rotatable bonds is 4. The van der Waals surface area contributed by atoms with E-state index in [1.54, 1.807) is 13.0 Å². The second-order valence-electron chi connectivity index (χ2n) is 5.42. The van der Waals surface area contributed by atoms with Crippen molar-refractivity contribution in [1.29, 1.82) is 0 Å². The molecule has 1 N–H and O–H groups in total. The molecule has 2 aromatic rings. The van der Waals surface area contributed by atoms with Crippen molar-refractivity contribution in [3.63, 3.8) is 0 Å². The summed E-state index contributed by atoms with van der Waals surface area (Å²) in [5, 5.41) is 6.24. The van der Waals surface area contributed by atoms with E-state index in [4.69, 9.17) is 4.52 Å². The fourth-order valence-corrected chi connectivity index (χ4v) is 3.98. The largest absolute Gasteiger partial charge is 0.338 e. The van der Waals surface area contributed by atoms with Crippen molar-refractivity contribution in [1.82, 2.24) is 9.46 Å². The molecule has 23 heavy (non-hydrogen) atoms. The molecule has 1 aromatic heterocycles. The van der Waals surface area contributed by atoms with Crippen LogP contribution in [0.2, 0.25) is 0 Å². The van der Waals surface area contributed by atoms with Gasteiger partial charge in [0.05, 0.1) is 10.6 Å². The number of hydrogen-bond donors (Lipinski definition) is 1. The number of aromatic nitrogens is 1. The van der Waals surface area contributed by atoms with Gasteiger partial charge in [-0.15, -0.1) is 0 Å². The van der Waals surface area contributed by atoms with E-state index in [9.17, 15) is 13.2 Å². The smallest absolute Gasteiger partial charge is 0.258 e. The first-order valence-corrected chi connectivity index (χ1v) is 8.76. The molecule has 0 aliphatic carbocycles. The third-order valence-electron chi connectivity index (χ3n) is 3.68. The van der Waals surface area contributed by atoms with Crippen LogP contribution in [0.1, 0.15) is 28.9 Å². The van der Waals surface area contributed by atoms with Crippen molar-refractivity contribution >= 4 is 21.8 Å². The molecule has 1 aromatic carbocycles. The second kappa shape index (κ2) is 6.13. The molecule has 1 aliphatic rings. The lowest BCUT2D eigenvalue weighted by Gasteiger charge is -2.15. The van der Waals surface area contributed by atoms with Crippen molar-refractivity contribution in [2.45, 2.75) is 24.7 Å². The van der Waals surface area contributed by atoms with Crippen LogP contribution < -0.4 is 5.32 Å². The van der Waals surface area contributed by atoms with Gasteiger partial charge in [-0.1, -0.05) is 5.16 Å². The van der Waals surface area contributed by atoms with Crippen LogP contribution in [0.4, 0.5) is 5.88 Å². The van der Waals surface area contributed by atoms with Crippen LogP contribution in [-0.2, 0) is 10.0 Å². The van der Waals surface area contributed by atoms with E-state index >= 15 is 0 Å². The van der Waals surface area contributed by atoms with Crippen molar-refractivity contribution in [2.75, 3.05) is 18.4 Å². The molecule has 1 amide bonds. The molecule has 122 valence electrons. The summed E-state index contributed by atoms with van der Waals surface area (Å²) < 4.78 is 31.2. The Bertz CT molecular complexity index is 806. The van der Waals surface area contributed by atoms with Gasteiger partial charge in [-0.3, -0.25) is 10.1 Å². The normalized spacial score (nSPS) is 15.7. The Labute approximate surface area is 134 Å². The number of anilines is 1. The Balaban J connectivity index is 1.75. The number of carbonyl (C=O) groups excluding carboxylic acids is 1. The van der Waals surface area contributed by atoms with Crippen molar-refractivity contribution < 1.29 is 17.7 Å². The molecule has 7 nitrogen and oxygen atoms in total. The Kier molecular flexibility index (Phi) is 4.18. The predicted molar refractivity (Wildman–Crippen MR) is 83.6 cm³/mol. The number of aryl methyl sites for hydroxylation is 1. The summed E-state index contributed by atoms with van der Waals surface area (Å²) in [4.78, 5) is 12.3. The van der Waals surface area contributed by atoms with Crippen molar-refractivity contribution in [2.24, 2.45) is 0 Å². The second-order valence-corrected chi connectivity index (χ2v) is 7.36. The minimum absolute atomic E-state index is 0.200. The predicted octanol–water partition coefficient (Wildman–Crippen LogP) is 2.02. The van der Waals surface area contributed by atoms with Gasteiger partial charge in [0, 0.05) is 24.7 Å². The molecule has 0 atom stereocenters. The van der Waals surface area contributed by atoms with Gasteiger partial charge in [0.2, 0.25) is 15.9 Å². The average Bonchev–Trinajstić information content (AvgIpc) is 3.19.